The molecule has 0 radical (unpaired) electrons. The third kappa shape index (κ3) is 4.86. The van der Waals surface area contributed by atoms with Gasteiger partial charge in [-0.25, -0.2) is 14.8 Å². The Labute approximate surface area is 116 Å². The van der Waals surface area contributed by atoms with Crippen molar-refractivity contribution < 1.29 is 9.59 Å². The van der Waals surface area contributed by atoms with Crippen LogP contribution in [0.4, 0.5) is 4.79 Å². The molecule has 3 amide bonds. The number of primary amides is 1. The summed E-state index contributed by atoms with van der Waals surface area (Å²) in [5.41, 5.74) is 5.81. The van der Waals surface area contributed by atoms with Gasteiger partial charge in [-0.1, -0.05) is 25.6 Å². The second-order valence-electron chi connectivity index (χ2n) is 4.53. The first kappa shape index (κ1) is 15.4. The van der Waals surface area contributed by atoms with Gasteiger partial charge in [0, 0.05) is 5.69 Å². The number of nitrogens with one attached hydrogen (secondary N) is 1. The Morgan fingerprint density at radius 2 is 1.95 bits per heavy atom. The summed E-state index contributed by atoms with van der Waals surface area (Å²) in [4.78, 5) is 31.1. The molecule has 104 valence electrons. The van der Waals surface area contributed by atoms with Gasteiger partial charge in [0.25, 0.3) is 0 Å². The Morgan fingerprint density at radius 1 is 1.32 bits per heavy atom. The smallest absolute Gasteiger partial charge is 0.318 e. The highest BCUT2D eigenvalue weighted by molar-refractivity contribution is 8.00. The molecular formula is C12H18N4O2S. The molecule has 1 heterocycles. The number of carbonyl (C=O) groups is 2. The average Bonchev–Trinajstić information content (AvgIpc) is 2.22. The standard InChI is InChI=1S/C12H18N4O2S/c1-6(2)10(11(17)16-12(13)18)19-9-5-7(3)14-8(4)15-9/h5-6,10H,1-4H3,(H3,13,16,17,18). The van der Waals surface area contributed by atoms with Gasteiger partial charge in [0.05, 0.1) is 5.25 Å². The summed E-state index contributed by atoms with van der Waals surface area (Å²) >= 11 is 1.30. The summed E-state index contributed by atoms with van der Waals surface area (Å²) in [6.07, 6.45) is 0. The fraction of sp³-hybridized carbons (Fsp3) is 0.500. The van der Waals surface area contributed by atoms with Gasteiger partial charge in [0.15, 0.2) is 0 Å². The van der Waals surface area contributed by atoms with Crippen molar-refractivity contribution in [1.82, 2.24) is 15.3 Å². The molecule has 0 aliphatic heterocycles. The molecule has 0 spiro atoms. The van der Waals surface area contributed by atoms with Crippen molar-refractivity contribution in [3.8, 4) is 0 Å². The first-order chi connectivity index (χ1) is 8.79. The molecule has 0 saturated heterocycles. The van der Waals surface area contributed by atoms with Crippen molar-refractivity contribution in [1.29, 1.82) is 0 Å². The maximum absolute atomic E-state index is 11.9. The quantitative estimate of drug-likeness (QED) is 0.642. The van der Waals surface area contributed by atoms with Gasteiger partial charge in [-0.15, -0.1) is 0 Å². The molecule has 6 nitrogen and oxygen atoms in total. The summed E-state index contributed by atoms with van der Waals surface area (Å²) < 4.78 is 0. The van der Waals surface area contributed by atoms with E-state index in [0.29, 0.717) is 10.9 Å². The van der Waals surface area contributed by atoms with E-state index in [2.05, 4.69) is 15.3 Å². The summed E-state index contributed by atoms with van der Waals surface area (Å²) in [6.45, 7) is 7.47. The Morgan fingerprint density at radius 3 is 2.42 bits per heavy atom. The van der Waals surface area contributed by atoms with E-state index in [9.17, 15) is 9.59 Å². The van der Waals surface area contributed by atoms with Crippen molar-refractivity contribution in [3.63, 3.8) is 0 Å². The minimum Gasteiger partial charge on any atom is -0.351 e. The summed E-state index contributed by atoms with van der Waals surface area (Å²) in [5.74, 6) is 0.293. The molecule has 0 aliphatic rings. The number of carbonyl (C=O) groups excluding carboxylic acids is 2. The SMILES string of the molecule is Cc1cc(SC(C(=O)NC(N)=O)C(C)C)nc(C)n1. The third-order valence-corrected chi connectivity index (χ3v) is 3.76. The molecule has 7 heteroatoms. The minimum absolute atomic E-state index is 0.0416. The van der Waals surface area contributed by atoms with Crippen molar-refractivity contribution >= 4 is 23.7 Å². The number of rotatable bonds is 4. The molecule has 19 heavy (non-hydrogen) atoms. The molecule has 1 atom stereocenters. The predicted octanol–water partition coefficient (Wildman–Crippen LogP) is 1.41. The van der Waals surface area contributed by atoms with Crippen molar-refractivity contribution in [3.05, 3.63) is 17.6 Å². The number of hydrogen-bond donors (Lipinski definition) is 2. The number of aryl methyl sites for hydroxylation is 2. The largest absolute Gasteiger partial charge is 0.351 e. The van der Waals surface area contributed by atoms with Crippen molar-refractivity contribution in [2.45, 2.75) is 38.0 Å². The van der Waals surface area contributed by atoms with Gasteiger partial charge in [-0.2, -0.15) is 0 Å². The molecule has 0 fully saturated rings. The van der Waals surface area contributed by atoms with Crippen LogP contribution in [0, 0.1) is 19.8 Å². The maximum atomic E-state index is 11.9. The van der Waals surface area contributed by atoms with Gasteiger partial charge in [-0.3, -0.25) is 10.1 Å². The number of aromatic nitrogens is 2. The molecule has 1 unspecified atom stereocenters. The van der Waals surface area contributed by atoms with Gasteiger partial charge >= 0.3 is 6.03 Å². The molecular weight excluding hydrogens is 264 g/mol. The van der Waals surface area contributed by atoms with E-state index in [1.54, 1.807) is 6.92 Å². The Bertz CT molecular complexity index is 470. The number of imide groups is 1. The van der Waals surface area contributed by atoms with E-state index in [4.69, 9.17) is 5.73 Å². The third-order valence-electron chi connectivity index (χ3n) is 2.30. The van der Waals surface area contributed by atoms with Crippen LogP contribution in [-0.4, -0.2) is 27.2 Å². The maximum Gasteiger partial charge on any atom is 0.318 e. The first-order valence-corrected chi connectivity index (χ1v) is 6.76. The van der Waals surface area contributed by atoms with Crippen molar-refractivity contribution in [2.24, 2.45) is 11.7 Å². The van der Waals surface area contributed by atoms with Crippen LogP contribution in [0.25, 0.3) is 0 Å². The number of amides is 3. The zero-order valence-electron chi connectivity index (χ0n) is 11.4. The molecule has 0 saturated carbocycles. The Balaban J connectivity index is 2.89. The molecule has 0 bridgehead atoms. The predicted molar refractivity (Wildman–Crippen MR) is 73.7 cm³/mol. The number of hydrogen-bond acceptors (Lipinski definition) is 5. The van der Waals surface area contributed by atoms with Gasteiger partial charge in [0.1, 0.15) is 10.9 Å². The zero-order valence-corrected chi connectivity index (χ0v) is 12.2. The van der Waals surface area contributed by atoms with Gasteiger partial charge < -0.3 is 5.73 Å². The van der Waals surface area contributed by atoms with Crippen LogP contribution >= 0.6 is 11.8 Å². The highest BCUT2D eigenvalue weighted by atomic mass is 32.2. The van der Waals surface area contributed by atoms with Crippen LogP contribution in [0.2, 0.25) is 0 Å². The van der Waals surface area contributed by atoms with Crippen LogP contribution in [0.15, 0.2) is 11.1 Å². The lowest BCUT2D eigenvalue weighted by molar-refractivity contribution is -0.120. The summed E-state index contributed by atoms with van der Waals surface area (Å²) in [7, 11) is 0. The number of urea groups is 1. The highest BCUT2D eigenvalue weighted by Gasteiger charge is 2.25. The fourth-order valence-electron chi connectivity index (χ4n) is 1.56. The fourth-order valence-corrected chi connectivity index (χ4v) is 2.68. The van der Waals surface area contributed by atoms with E-state index in [1.165, 1.54) is 11.8 Å². The molecule has 1 aromatic heterocycles. The highest BCUT2D eigenvalue weighted by Crippen LogP contribution is 2.27. The molecule has 0 aliphatic carbocycles. The second kappa shape index (κ2) is 6.51. The summed E-state index contributed by atoms with van der Waals surface area (Å²) in [6, 6.07) is 0.969. The molecule has 1 aromatic rings. The lowest BCUT2D eigenvalue weighted by Gasteiger charge is -2.18. The van der Waals surface area contributed by atoms with E-state index in [0.717, 1.165) is 5.69 Å². The minimum atomic E-state index is -0.841. The lowest BCUT2D eigenvalue weighted by atomic mass is 10.1. The summed E-state index contributed by atoms with van der Waals surface area (Å²) in [5, 5.41) is 2.39. The first-order valence-electron chi connectivity index (χ1n) is 5.89. The topological polar surface area (TPSA) is 98.0 Å². The van der Waals surface area contributed by atoms with E-state index in [-0.39, 0.29) is 5.92 Å². The van der Waals surface area contributed by atoms with Crippen LogP contribution in [-0.2, 0) is 4.79 Å². The van der Waals surface area contributed by atoms with Crippen LogP contribution < -0.4 is 11.1 Å². The van der Waals surface area contributed by atoms with Crippen molar-refractivity contribution in [2.75, 3.05) is 0 Å². The number of thioether (sulfide) groups is 1. The average molecular weight is 282 g/mol. The second-order valence-corrected chi connectivity index (χ2v) is 5.69. The molecule has 3 N–H and O–H groups in total. The van der Waals surface area contributed by atoms with E-state index in [1.807, 2.05) is 26.8 Å². The van der Waals surface area contributed by atoms with E-state index < -0.39 is 17.2 Å². The Kier molecular flexibility index (Phi) is 5.29. The van der Waals surface area contributed by atoms with Crippen LogP contribution in [0.1, 0.15) is 25.4 Å². The molecule has 0 aromatic carbocycles. The monoisotopic (exact) mass is 282 g/mol. The number of nitrogens with two attached hydrogens (primary N) is 1. The lowest BCUT2D eigenvalue weighted by Crippen LogP contribution is -2.42. The van der Waals surface area contributed by atoms with Gasteiger partial charge in [0.2, 0.25) is 5.91 Å². The van der Waals surface area contributed by atoms with E-state index >= 15 is 0 Å². The Hall–Kier alpha value is -1.63. The normalized spacial score (nSPS) is 12.3. The zero-order chi connectivity index (χ0) is 14.6. The van der Waals surface area contributed by atoms with Crippen LogP contribution in [0.3, 0.4) is 0 Å². The van der Waals surface area contributed by atoms with Crippen LogP contribution in [0.5, 0.6) is 0 Å². The molecule has 1 rings (SSSR count). The number of nitrogens with zero attached hydrogens (tertiary/aromatic N) is 2. The van der Waals surface area contributed by atoms with Gasteiger partial charge in [-0.05, 0) is 25.8 Å².